The summed E-state index contributed by atoms with van der Waals surface area (Å²) in [6, 6.07) is 3.76. The van der Waals surface area contributed by atoms with Crippen LogP contribution in [0.1, 0.15) is 0 Å². The molecule has 7 heteroatoms. The predicted molar refractivity (Wildman–Crippen MR) is 53.5 cm³/mol. The molecule has 0 bridgehead atoms. The molecule has 0 unspecified atom stereocenters. The van der Waals surface area contributed by atoms with Crippen LogP contribution in [0.5, 0.6) is 5.75 Å². The molecular weight excluding hydrogens is 222 g/mol. The summed E-state index contributed by atoms with van der Waals surface area (Å²) in [4.78, 5) is 20.6. The molecule has 0 amide bonds. The molecule has 0 radical (unpaired) electrons. The molecular formula is C8H7NO5S. The van der Waals surface area contributed by atoms with E-state index in [1.54, 1.807) is 0 Å². The van der Waals surface area contributed by atoms with E-state index < -0.39 is 10.2 Å². The first kappa shape index (κ1) is 11.3. The second-order valence-corrected chi connectivity index (χ2v) is 3.45. The Bertz CT molecular complexity index is 406. The summed E-state index contributed by atoms with van der Waals surface area (Å²) in [5.41, 5.74) is -0.137. The van der Waals surface area contributed by atoms with E-state index in [9.17, 15) is 14.9 Å². The molecule has 0 heterocycles. The minimum absolute atomic E-state index is 0.137. The zero-order chi connectivity index (χ0) is 11.4. The summed E-state index contributed by atoms with van der Waals surface area (Å²) < 4.78 is 4.85. The Balaban J connectivity index is 3.08. The van der Waals surface area contributed by atoms with Crippen molar-refractivity contribution in [1.29, 1.82) is 0 Å². The van der Waals surface area contributed by atoms with Crippen molar-refractivity contribution in [3.05, 3.63) is 28.3 Å². The topological polar surface area (TPSA) is 89.7 Å². The van der Waals surface area contributed by atoms with Gasteiger partial charge in [0.2, 0.25) is 0 Å². The van der Waals surface area contributed by atoms with E-state index in [1.165, 1.54) is 25.3 Å². The average Bonchev–Trinajstić information content (AvgIpc) is 2.17. The summed E-state index contributed by atoms with van der Waals surface area (Å²) in [6.45, 7) is 0. The van der Waals surface area contributed by atoms with Crippen LogP contribution >= 0.6 is 11.8 Å². The molecule has 1 N–H and O–H groups in total. The van der Waals surface area contributed by atoms with Crippen LogP contribution in [-0.4, -0.2) is 22.4 Å². The molecule has 0 saturated heterocycles. The van der Waals surface area contributed by atoms with Gasteiger partial charge in [0.1, 0.15) is 5.75 Å². The van der Waals surface area contributed by atoms with Gasteiger partial charge < -0.3 is 9.84 Å². The van der Waals surface area contributed by atoms with Crippen molar-refractivity contribution in [2.24, 2.45) is 0 Å². The van der Waals surface area contributed by atoms with Crippen LogP contribution in [0, 0.1) is 10.1 Å². The first-order valence-electron chi connectivity index (χ1n) is 3.78. The third-order valence-electron chi connectivity index (χ3n) is 1.56. The van der Waals surface area contributed by atoms with Crippen molar-refractivity contribution >= 4 is 22.8 Å². The van der Waals surface area contributed by atoms with Crippen LogP contribution in [0.15, 0.2) is 23.1 Å². The Kier molecular flexibility index (Phi) is 3.51. The van der Waals surface area contributed by atoms with Crippen molar-refractivity contribution < 1.29 is 19.6 Å². The van der Waals surface area contributed by atoms with Crippen LogP contribution in [0.25, 0.3) is 0 Å². The Hall–Kier alpha value is -1.76. The predicted octanol–water partition coefficient (Wildman–Crippen LogP) is 2.37. The summed E-state index contributed by atoms with van der Waals surface area (Å²) in [7, 11) is 1.32. The second-order valence-electron chi connectivity index (χ2n) is 2.46. The number of nitro groups is 1. The number of hydrogen-bond donors (Lipinski definition) is 1. The highest BCUT2D eigenvalue weighted by molar-refractivity contribution is 8.13. The lowest BCUT2D eigenvalue weighted by atomic mass is 10.3. The van der Waals surface area contributed by atoms with Crippen LogP contribution in [0.3, 0.4) is 0 Å². The zero-order valence-electron chi connectivity index (χ0n) is 7.67. The zero-order valence-corrected chi connectivity index (χ0v) is 8.48. The minimum atomic E-state index is -1.10. The first-order valence-corrected chi connectivity index (χ1v) is 4.59. The average molecular weight is 229 g/mol. The number of hydrogen-bond acceptors (Lipinski definition) is 5. The van der Waals surface area contributed by atoms with Gasteiger partial charge in [0.25, 0.3) is 5.69 Å². The third kappa shape index (κ3) is 2.84. The molecule has 6 nitrogen and oxygen atoms in total. The Labute approximate surface area is 89.0 Å². The number of rotatable bonds is 3. The van der Waals surface area contributed by atoms with Gasteiger partial charge in [0, 0.05) is 6.07 Å². The van der Waals surface area contributed by atoms with E-state index in [4.69, 9.17) is 9.84 Å². The van der Waals surface area contributed by atoms with Gasteiger partial charge in [-0.1, -0.05) is 0 Å². The van der Waals surface area contributed by atoms with Crippen molar-refractivity contribution in [1.82, 2.24) is 0 Å². The first-order chi connectivity index (χ1) is 7.04. The largest absolute Gasteiger partial charge is 0.495 e. The number of nitro benzene ring substituents is 1. The molecule has 0 fully saturated rings. The van der Waals surface area contributed by atoms with Crippen LogP contribution in [0.4, 0.5) is 10.5 Å². The van der Waals surface area contributed by atoms with Crippen molar-refractivity contribution in [3.8, 4) is 5.75 Å². The molecule has 0 aliphatic rings. The van der Waals surface area contributed by atoms with E-state index in [0.717, 1.165) is 0 Å². The molecule has 0 saturated carbocycles. The fraction of sp³-hybridized carbons (Fsp3) is 0.125. The molecule has 0 aromatic heterocycles. The highest BCUT2D eigenvalue weighted by Crippen LogP contribution is 2.32. The molecule has 80 valence electrons. The van der Waals surface area contributed by atoms with Gasteiger partial charge in [-0.25, -0.2) is 4.79 Å². The van der Waals surface area contributed by atoms with E-state index in [0.29, 0.717) is 16.7 Å². The Morgan fingerprint density at radius 3 is 2.73 bits per heavy atom. The fourth-order valence-corrected chi connectivity index (χ4v) is 1.52. The van der Waals surface area contributed by atoms with E-state index in [-0.39, 0.29) is 11.4 Å². The standard InChI is InChI=1S/C8H7NO5S/c1-14-6-4-5(9(12)13)2-3-7(6)15-8(10)11/h2-4H,1H3,(H,10,11). The van der Waals surface area contributed by atoms with E-state index in [1.807, 2.05) is 0 Å². The SMILES string of the molecule is COc1cc([N+](=O)[O-])ccc1SC(=O)O. The summed E-state index contributed by atoms with van der Waals surface area (Å²) in [6.07, 6.45) is 0. The van der Waals surface area contributed by atoms with Crippen molar-refractivity contribution in [2.75, 3.05) is 7.11 Å². The smallest absolute Gasteiger partial charge is 0.369 e. The van der Waals surface area contributed by atoms with Gasteiger partial charge in [-0.05, 0) is 17.8 Å². The Morgan fingerprint density at radius 2 is 2.27 bits per heavy atom. The van der Waals surface area contributed by atoms with Gasteiger partial charge in [0.15, 0.2) is 0 Å². The van der Waals surface area contributed by atoms with E-state index in [2.05, 4.69) is 0 Å². The molecule has 15 heavy (non-hydrogen) atoms. The number of nitrogens with zero attached hydrogens (tertiary/aromatic N) is 1. The second kappa shape index (κ2) is 4.65. The van der Waals surface area contributed by atoms with Crippen LogP contribution < -0.4 is 4.74 Å². The Morgan fingerprint density at radius 1 is 1.60 bits per heavy atom. The van der Waals surface area contributed by atoms with Gasteiger partial charge in [-0.2, -0.15) is 0 Å². The highest BCUT2D eigenvalue weighted by atomic mass is 32.2. The van der Waals surface area contributed by atoms with Gasteiger partial charge in [0.05, 0.1) is 23.0 Å². The number of non-ortho nitro benzene ring substituents is 1. The molecule has 0 aliphatic heterocycles. The minimum Gasteiger partial charge on any atom is -0.495 e. The van der Waals surface area contributed by atoms with Crippen LogP contribution in [0.2, 0.25) is 0 Å². The van der Waals surface area contributed by atoms with Crippen molar-refractivity contribution in [2.45, 2.75) is 4.90 Å². The molecule has 0 aliphatic carbocycles. The molecule has 1 aromatic rings. The lowest BCUT2D eigenvalue weighted by Gasteiger charge is -2.04. The number of thioether (sulfide) groups is 1. The number of ether oxygens (including phenoxy) is 1. The molecule has 1 aromatic carbocycles. The fourth-order valence-electron chi connectivity index (χ4n) is 0.948. The van der Waals surface area contributed by atoms with Gasteiger partial charge in [-0.3, -0.25) is 10.1 Å². The summed E-state index contributed by atoms with van der Waals surface area (Å²) in [5.74, 6) is 0.177. The molecule has 0 spiro atoms. The van der Waals surface area contributed by atoms with Crippen molar-refractivity contribution in [3.63, 3.8) is 0 Å². The number of carbonyl (C=O) groups is 1. The van der Waals surface area contributed by atoms with Gasteiger partial charge in [-0.15, -0.1) is 0 Å². The number of carboxylic acid groups (broad SMARTS) is 1. The summed E-state index contributed by atoms with van der Waals surface area (Å²) in [5, 5.41) is 17.9. The lowest BCUT2D eigenvalue weighted by Crippen LogP contribution is -1.93. The maximum Gasteiger partial charge on any atom is 0.369 e. The third-order valence-corrected chi connectivity index (χ3v) is 2.29. The number of methoxy groups -OCH3 is 1. The highest BCUT2D eigenvalue weighted by Gasteiger charge is 2.13. The quantitative estimate of drug-likeness (QED) is 0.486. The normalized spacial score (nSPS) is 9.67. The monoisotopic (exact) mass is 229 g/mol. The molecule has 0 atom stereocenters. The summed E-state index contributed by atoms with van der Waals surface area (Å²) >= 11 is 0.539. The lowest BCUT2D eigenvalue weighted by molar-refractivity contribution is -0.385. The van der Waals surface area contributed by atoms with E-state index >= 15 is 0 Å². The maximum absolute atomic E-state index is 10.4. The maximum atomic E-state index is 10.4. The molecule has 1 rings (SSSR count). The van der Waals surface area contributed by atoms with Gasteiger partial charge >= 0.3 is 5.30 Å². The number of benzene rings is 1. The van der Waals surface area contributed by atoms with Crippen LogP contribution in [-0.2, 0) is 0 Å².